The summed E-state index contributed by atoms with van der Waals surface area (Å²) in [5.74, 6) is -0.900. The first kappa shape index (κ1) is 42.7. The molecule has 2 aliphatic heterocycles. The first-order chi connectivity index (χ1) is 27.7. The molecule has 0 N–H and O–H groups in total. The molecule has 6 aromatic rings. The third-order valence-electron chi connectivity index (χ3n) is 9.28. The van der Waals surface area contributed by atoms with E-state index in [4.69, 9.17) is 46.4 Å². The average molecular weight is 945 g/mol. The summed E-state index contributed by atoms with van der Waals surface area (Å²) in [4.78, 5) is 13.7. The maximum Gasteiger partial charge on any atom is 0.243 e. The number of nitrogens with zero attached hydrogens (tertiary/aromatic N) is 6. The van der Waals surface area contributed by atoms with Gasteiger partial charge >= 0.3 is 0 Å². The third-order valence-corrected chi connectivity index (χ3v) is 15.9. The first-order valence-electron chi connectivity index (χ1n) is 17.5. The molecule has 0 atom stereocenters. The molecule has 58 heavy (non-hydrogen) atoms. The van der Waals surface area contributed by atoms with Crippen LogP contribution in [0.3, 0.4) is 0 Å². The Kier molecular flexibility index (Phi) is 13.3. The number of piperazine rings is 2. The summed E-state index contributed by atoms with van der Waals surface area (Å²) in [6.45, 7) is 3.50. The lowest BCUT2D eigenvalue weighted by Crippen LogP contribution is -2.48. The van der Waals surface area contributed by atoms with E-state index in [1.165, 1.54) is 79.8 Å². The van der Waals surface area contributed by atoms with Gasteiger partial charge < -0.3 is 9.80 Å². The van der Waals surface area contributed by atoms with Crippen molar-refractivity contribution in [3.05, 3.63) is 127 Å². The Morgan fingerprint density at radius 3 is 1.40 bits per heavy atom. The lowest BCUT2D eigenvalue weighted by Gasteiger charge is -2.33. The van der Waals surface area contributed by atoms with Crippen molar-refractivity contribution < 1.29 is 25.6 Å². The molecular weight excluding hydrogens is 913 g/mol. The molecule has 2 aromatic heterocycles. The number of anilines is 2. The molecule has 2 fully saturated rings. The third kappa shape index (κ3) is 9.78. The summed E-state index contributed by atoms with van der Waals surface area (Å²) < 4.78 is 81.4. The topological polar surface area (TPSA) is 107 Å². The molecule has 4 heterocycles. The monoisotopic (exact) mass is 942 g/mol. The van der Waals surface area contributed by atoms with Gasteiger partial charge in [-0.15, -0.1) is 22.7 Å². The molecule has 0 spiro atoms. The average Bonchev–Trinajstić information content (AvgIpc) is 3.91. The lowest BCUT2D eigenvalue weighted by atomic mass is 10.2. The fourth-order valence-corrected chi connectivity index (χ4v) is 11.4. The molecule has 0 saturated carbocycles. The van der Waals surface area contributed by atoms with Gasteiger partial charge in [0.15, 0.2) is 10.3 Å². The number of hydrogen-bond acceptors (Lipinski definition) is 10. The number of aromatic nitrogens is 2. The number of hydrogen-bond donors (Lipinski definition) is 0. The molecule has 2 saturated heterocycles. The van der Waals surface area contributed by atoms with Gasteiger partial charge in [0.25, 0.3) is 0 Å². The summed E-state index contributed by atoms with van der Waals surface area (Å²) in [6.07, 6.45) is 0. The van der Waals surface area contributed by atoms with E-state index in [1.807, 2.05) is 20.6 Å². The molecule has 10 nitrogen and oxygen atoms in total. The van der Waals surface area contributed by atoms with Crippen molar-refractivity contribution in [1.82, 2.24) is 18.6 Å². The highest BCUT2D eigenvalue weighted by atomic mass is 35.5. The Morgan fingerprint density at radius 2 is 0.966 bits per heavy atom. The quantitative estimate of drug-likeness (QED) is 0.149. The van der Waals surface area contributed by atoms with E-state index in [1.54, 1.807) is 36.4 Å². The van der Waals surface area contributed by atoms with E-state index in [2.05, 4.69) is 9.97 Å². The van der Waals surface area contributed by atoms with Gasteiger partial charge in [0, 0.05) is 89.3 Å². The molecule has 0 unspecified atom stereocenters. The Morgan fingerprint density at radius 1 is 0.517 bits per heavy atom. The Labute approximate surface area is 362 Å². The van der Waals surface area contributed by atoms with Crippen LogP contribution in [0.5, 0.6) is 0 Å². The SMILES string of the molecule is O=S(=O)(c1ccc(Cl)cc1)N1CCN(c2nc(-c3cc(F)cc(Cl)c3)cs2)CC1.O=S(=O)(c1ccc(Cl)cc1)N1CCN(c2nc(-c3ccc(Cl)c(F)c3)cs2)CC1. The number of rotatable bonds is 8. The molecule has 0 bridgehead atoms. The zero-order valence-electron chi connectivity index (χ0n) is 30.1. The van der Waals surface area contributed by atoms with Crippen molar-refractivity contribution in [3.63, 3.8) is 0 Å². The molecule has 304 valence electrons. The standard InChI is InChI=1S/2C19H16Cl2FN3O2S2/c20-14-2-4-15(5-3-14)29(26,27)25-9-7-24(8-10-25)19-23-18(12-28-19)13-1-6-16(21)17(22)11-13;20-14-1-3-17(4-2-14)29(26,27)25-7-5-24(6-8-25)19-23-18(12-28-19)13-9-15(21)11-16(22)10-13/h1-6,11-12H,7-10H2;1-4,9-12H,5-8H2. The molecule has 4 aromatic carbocycles. The van der Waals surface area contributed by atoms with Crippen LogP contribution in [-0.2, 0) is 20.0 Å². The van der Waals surface area contributed by atoms with Gasteiger partial charge in [-0.1, -0.05) is 52.5 Å². The van der Waals surface area contributed by atoms with Crippen molar-refractivity contribution in [3.8, 4) is 22.5 Å². The van der Waals surface area contributed by atoms with E-state index < -0.39 is 31.7 Å². The van der Waals surface area contributed by atoms with E-state index in [0.717, 1.165) is 10.3 Å². The number of thiazole rings is 2. The summed E-state index contributed by atoms with van der Waals surface area (Å²) >= 11 is 26.2. The molecule has 8 rings (SSSR count). The highest BCUT2D eigenvalue weighted by Gasteiger charge is 2.31. The van der Waals surface area contributed by atoms with Gasteiger partial charge in [-0.2, -0.15) is 8.61 Å². The Balaban J connectivity index is 0.000000177. The van der Waals surface area contributed by atoms with E-state index in [0.29, 0.717) is 89.9 Å². The van der Waals surface area contributed by atoms with Crippen LogP contribution in [0.25, 0.3) is 22.5 Å². The van der Waals surface area contributed by atoms with Crippen LogP contribution in [0.2, 0.25) is 20.1 Å². The summed E-state index contributed by atoms with van der Waals surface area (Å²) in [5, 5.41) is 6.62. The van der Waals surface area contributed by atoms with Crippen molar-refractivity contribution in [2.24, 2.45) is 0 Å². The second-order valence-electron chi connectivity index (χ2n) is 13.0. The Hall–Kier alpha value is -3.42. The number of sulfonamides is 2. The highest BCUT2D eigenvalue weighted by Crippen LogP contribution is 2.33. The van der Waals surface area contributed by atoms with Gasteiger partial charge in [0.2, 0.25) is 20.0 Å². The molecular formula is C38H32Cl4F2N6O4S4. The zero-order valence-corrected chi connectivity index (χ0v) is 36.4. The van der Waals surface area contributed by atoms with Gasteiger partial charge in [-0.25, -0.2) is 35.6 Å². The molecule has 2 aliphatic rings. The second-order valence-corrected chi connectivity index (χ2v) is 20.3. The summed E-state index contributed by atoms with van der Waals surface area (Å²) in [7, 11) is -7.11. The summed E-state index contributed by atoms with van der Waals surface area (Å²) in [6, 6.07) is 21.2. The minimum absolute atomic E-state index is 0.0715. The minimum Gasteiger partial charge on any atom is -0.345 e. The van der Waals surface area contributed by atoms with Crippen molar-refractivity contribution in [2.75, 3.05) is 62.2 Å². The number of halogens is 6. The van der Waals surface area contributed by atoms with Gasteiger partial charge in [-0.05, 0) is 78.9 Å². The molecule has 0 amide bonds. The van der Waals surface area contributed by atoms with E-state index >= 15 is 0 Å². The first-order valence-corrected chi connectivity index (χ1v) is 23.7. The molecule has 0 aliphatic carbocycles. The van der Waals surface area contributed by atoms with Crippen LogP contribution >= 0.6 is 69.1 Å². The maximum atomic E-state index is 13.7. The fraction of sp³-hybridized carbons (Fsp3) is 0.211. The van der Waals surface area contributed by atoms with E-state index in [9.17, 15) is 25.6 Å². The van der Waals surface area contributed by atoms with Crippen LogP contribution in [-0.4, -0.2) is 87.8 Å². The minimum atomic E-state index is -3.56. The highest BCUT2D eigenvalue weighted by molar-refractivity contribution is 7.89. The predicted molar refractivity (Wildman–Crippen MR) is 230 cm³/mol. The number of benzene rings is 4. The van der Waals surface area contributed by atoms with E-state index in [-0.39, 0.29) is 14.8 Å². The largest absolute Gasteiger partial charge is 0.345 e. The van der Waals surface area contributed by atoms with Crippen LogP contribution in [0, 0.1) is 11.6 Å². The molecule has 20 heteroatoms. The zero-order chi connectivity index (χ0) is 41.2. The Bertz CT molecular complexity index is 2600. The van der Waals surface area contributed by atoms with Crippen LogP contribution in [0.1, 0.15) is 0 Å². The maximum absolute atomic E-state index is 13.7. The fourth-order valence-electron chi connectivity index (χ4n) is 6.19. The normalized spacial score (nSPS) is 15.6. The van der Waals surface area contributed by atoms with Gasteiger partial charge in [0.05, 0.1) is 26.2 Å². The van der Waals surface area contributed by atoms with Crippen LogP contribution < -0.4 is 9.80 Å². The summed E-state index contributed by atoms with van der Waals surface area (Å²) in [5.41, 5.74) is 2.57. The molecule has 0 radical (unpaired) electrons. The van der Waals surface area contributed by atoms with Crippen molar-refractivity contribution in [2.45, 2.75) is 9.79 Å². The smallest absolute Gasteiger partial charge is 0.243 e. The van der Waals surface area contributed by atoms with Gasteiger partial charge in [0.1, 0.15) is 11.6 Å². The van der Waals surface area contributed by atoms with Crippen LogP contribution in [0.15, 0.2) is 105 Å². The van der Waals surface area contributed by atoms with Crippen molar-refractivity contribution >= 4 is 99.4 Å². The lowest BCUT2D eigenvalue weighted by molar-refractivity contribution is 0.384. The van der Waals surface area contributed by atoms with Crippen LogP contribution in [0.4, 0.5) is 19.0 Å². The second kappa shape index (κ2) is 18.1. The van der Waals surface area contributed by atoms with Gasteiger partial charge in [-0.3, -0.25) is 0 Å². The van der Waals surface area contributed by atoms with Crippen molar-refractivity contribution in [1.29, 1.82) is 0 Å². The predicted octanol–water partition coefficient (Wildman–Crippen LogP) is 9.53.